The van der Waals surface area contributed by atoms with Crippen LogP contribution in [-0.2, 0) is 6.54 Å². The lowest BCUT2D eigenvalue weighted by Gasteiger charge is -2.14. The maximum absolute atomic E-state index is 9.84. The number of nitrogens with zero attached hydrogens (tertiary/aromatic N) is 2. The SMILES string of the molecule is CCC(C)C(O)c1cnn(CC)c1. The van der Waals surface area contributed by atoms with Gasteiger partial charge in [0.05, 0.1) is 12.3 Å². The van der Waals surface area contributed by atoms with E-state index < -0.39 is 0 Å². The third-order valence-electron chi connectivity index (χ3n) is 2.50. The van der Waals surface area contributed by atoms with Gasteiger partial charge in [0, 0.05) is 18.3 Å². The lowest BCUT2D eigenvalue weighted by atomic mass is 9.98. The minimum atomic E-state index is -0.370. The van der Waals surface area contributed by atoms with E-state index >= 15 is 0 Å². The van der Waals surface area contributed by atoms with E-state index in [-0.39, 0.29) is 6.10 Å². The number of aliphatic hydroxyl groups excluding tert-OH is 1. The Labute approximate surface area is 79.4 Å². The number of aliphatic hydroxyl groups is 1. The summed E-state index contributed by atoms with van der Waals surface area (Å²) in [7, 11) is 0. The maximum atomic E-state index is 9.84. The molecule has 74 valence electrons. The monoisotopic (exact) mass is 182 g/mol. The van der Waals surface area contributed by atoms with Gasteiger partial charge in [-0.1, -0.05) is 20.3 Å². The molecule has 0 saturated heterocycles. The number of aromatic nitrogens is 2. The first-order valence-corrected chi connectivity index (χ1v) is 4.89. The van der Waals surface area contributed by atoms with Gasteiger partial charge in [-0.2, -0.15) is 5.10 Å². The Bertz CT molecular complexity index is 257. The Morgan fingerprint density at radius 3 is 2.69 bits per heavy atom. The van der Waals surface area contributed by atoms with E-state index in [1.807, 2.05) is 24.7 Å². The molecule has 1 aromatic heterocycles. The summed E-state index contributed by atoms with van der Waals surface area (Å²) in [6.07, 6.45) is 4.28. The van der Waals surface area contributed by atoms with Gasteiger partial charge in [-0.3, -0.25) is 4.68 Å². The standard InChI is InChI=1S/C10H18N2O/c1-4-8(3)10(13)9-6-11-12(5-2)7-9/h6-8,10,13H,4-5H2,1-3H3. The van der Waals surface area contributed by atoms with Crippen LogP contribution in [0.2, 0.25) is 0 Å². The summed E-state index contributed by atoms with van der Waals surface area (Å²) in [5, 5.41) is 14.0. The normalized spacial score (nSPS) is 15.7. The minimum absolute atomic E-state index is 0.300. The molecule has 0 aliphatic heterocycles. The summed E-state index contributed by atoms with van der Waals surface area (Å²) < 4.78 is 1.83. The highest BCUT2D eigenvalue weighted by Gasteiger charge is 2.15. The van der Waals surface area contributed by atoms with Crippen LogP contribution in [-0.4, -0.2) is 14.9 Å². The van der Waals surface area contributed by atoms with Gasteiger partial charge in [0.2, 0.25) is 0 Å². The van der Waals surface area contributed by atoms with Crippen LogP contribution in [0, 0.1) is 5.92 Å². The molecule has 0 saturated carbocycles. The second kappa shape index (κ2) is 4.42. The van der Waals surface area contributed by atoms with Crippen LogP contribution in [0.3, 0.4) is 0 Å². The molecule has 1 rings (SSSR count). The summed E-state index contributed by atoms with van der Waals surface area (Å²) in [5.41, 5.74) is 0.927. The molecule has 3 nitrogen and oxygen atoms in total. The van der Waals surface area contributed by atoms with Gasteiger partial charge < -0.3 is 5.11 Å². The zero-order chi connectivity index (χ0) is 9.84. The van der Waals surface area contributed by atoms with Crippen LogP contribution in [0.25, 0.3) is 0 Å². The molecule has 1 heterocycles. The Morgan fingerprint density at radius 2 is 2.23 bits per heavy atom. The zero-order valence-corrected chi connectivity index (χ0v) is 8.57. The van der Waals surface area contributed by atoms with E-state index in [2.05, 4.69) is 12.0 Å². The topological polar surface area (TPSA) is 38.1 Å². The second-order valence-electron chi connectivity index (χ2n) is 3.46. The molecule has 0 bridgehead atoms. The quantitative estimate of drug-likeness (QED) is 0.773. The van der Waals surface area contributed by atoms with E-state index in [0.29, 0.717) is 5.92 Å². The van der Waals surface area contributed by atoms with Gasteiger partial charge in [-0.05, 0) is 12.8 Å². The van der Waals surface area contributed by atoms with Crippen molar-refractivity contribution >= 4 is 0 Å². The van der Waals surface area contributed by atoms with Crippen LogP contribution in [0.4, 0.5) is 0 Å². The van der Waals surface area contributed by atoms with Gasteiger partial charge in [0.25, 0.3) is 0 Å². The largest absolute Gasteiger partial charge is 0.388 e. The Hall–Kier alpha value is -0.830. The highest BCUT2D eigenvalue weighted by molar-refractivity contribution is 5.08. The molecule has 2 atom stereocenters. The molecule has 0 spiro atoms. The Balaban J connectivity index is 2.70. The van der Waals surface area contributed by atoms with Crippen LogP contribution >= 0.6 is 0 Å². The molecular weight excluding hydrogens is 164 g/mol. The number of hydrogen-bond acceptors (Lipinski definition) is 2. The highest BCUT2D eigenvalue weighted by Crippen LogP contribution is 2.23. The molecule has 0 amide bonds. The molecule has 0 aliphatic rings. The number of hydrogen-bond donors (Lipinski definition) is 1. The molecular formula is C10H18N2O. The van der Waals surface area contributed by atoms with Crippen molar-refractivity contribution in [3.8, 4) is 0 Å². The smallest absolute Gasteiger partial charge is 0.0845 e. The van der Waals surface area contributed by atoms with E-state index in [0.717, 1.165) is 18.5 Å². The fourth-order valence-corrected chi connectivity index (χ4v) is 1.26. The molecule has 0 fully saturated rings. The highest BCUT2D eigenvalue weighted by atomic mass is 16.3. The van der Waals surface area contributed by atoms with Gasteiger partial charge in [0.15, 0.2) is 0 Å². The fourth-order valence-electron chi connectivity index (χ4n) is 1.26. The van der Waals surface area contributed by atoms with E-state index in [1.165, 1.54) is 0 Å². The van der Waals surface area contributed by atoms with Crippen molar-refractivity contribution in [2.45, 2.75) is 39.8 Å². The summed E-state index contributed by atoms with van der Waals surface area (Å²) in [4.78, 5) is 0. The van der Waals surface area contributed by atoms with Crippen molar-refractivity contribution < 1.29 is 5.11 Å². The Morgan fingerprint density at radius 1 is 1.54 bits per heavy atom. The second-order valence-corrected chi connectivity index (χ2v) is 3.46. The summed E-state index contributed by atoms with van der Waals surface area (Å²) >= 11 is 0. The van der Waals surface area contributed by atoms with E-state index in [1.54, 1.807) is 6.20 Å². The first kappa shape index (κ1) is 10.3. The molecule has 2 unspecified atom stereocenters. The average molecular weight is 182 g/mol. The molecule has 1 N–H and O–H groups in total. The summed E-state index contributed by atoms with van der Waals surface area (Å²) in [5.74, 6) is 0.300. The summed E-state index contributed by atoms with van der Waals surface area (Å²) in [6, 6.07) is 0. The van der Waals surface area contributed by atoms with Crippen molar-refractivity contribution in [1.29, 1.82) is 0 Å². The maximum Gasteiger partial charge on any atom is 0.0845 e. The van der Waals surface area contributed by atoms with Crippen molar-refractivity contribution in [1.82, 2.24) is 9.78 Å². The van der Waals surface area contributed by atoms with Gasteiger partial charge in [0.1, 0.15) is 0 Å². The van der Waals surface area contributed by atoms with Crippen LogP contribution < -0.4 is 0 Å². The van der Waals surface area contributed by atoms with Crippen molar-refractivity contribution in [2.75, 3.05) is 0 Å². The van der Waals surface area contributed by atoms with Crippen molar-refractivity contribution in [2.24, 2.45) is 5.92 Å². The predicted molar refractivity (Wildman–Crippen MR) is 52.3 cm³/mol. The molecule has 0 aromatic carbocycles. The predicted octanol–water partition coefficient (Wildman–Crippen LogP) is 1.98. The van der Waals surface area contributed by atoms with Gasteiger partial charge in [-0.15, -0.1) is 0 Å². The van der Waals surface area contributed by atoms with Crippen LogP contribution in [0.15, 0.2) is 12.4 Å². The molecule has 13 heavy (non-hydrogen) atoms. The van der Waals surface area contributed by atoms with E-state index in [4.69, 9.17) is 0 Å². The third-order valence-corrected chi connectivity index (χ3v) is 2.50. The molecule has 0 radical (unpaired) electrons. The first-order chi connectivity index (χ1) is 6.19. The lowest BCUT2D eigenvalue weighted by Crippen LogP contribution is -2.07. The average Bonchev–Trinajstić information content (AvgIpc) is 2.63. The lowest BCUT2D eigenvalue weighted by molar-refractivity contribution is 0.115. The van der Waals surface area contributed by atoms with Crippen LogP contribution in [0.5, 0.6) is 0 Å². The zero-order valence-electron chi connectivity index (χ0n) is 8.57. The number of aryl methyl sites for hydroxylation is 1. The van der Waals surface area contributed by atoms with Crippen molar-refractivity contribution in [3.63, 3.8) is 0 Å². The fraction of sp³-hybridized carbons (Fsp3) is 0.700. The molecule has 1 aromatic rings. The molecule has 3 heteroatoms. The number of rotatable bonds is 4. The first-order valence-electron chi connectivity index (χ1n) is 4.89. The van der Waals surface area contributed by atoms with E-state index in [9.17, 15) is 5.11 Å². The van der Waals surface area contributed by atoms with Crippen LogP contribution in [0.1, 0.15) is 38.9 Å². The summed E-state index contributed by atoms with van der Waals surface area (Å²) in [6.45, 7) is 7.02. The minimum Gasteiger partial charge on any atom is -0.388 e. The van der Waals surface area contributed by atoms with Gasteiger partial charge in [-0.25, -0.2) is 0 Å². The van der Waals surface area contributed by atoms with Gasteiger partial charge >= 0.3 is 0 Å². The Kier molecular flexibility index (Phi) is 3.48. The molecule has 0 aliphatic carbocycles. The van der Waals surface area contributed by atoms with Crippen molar-refractivity contribution in [3.05, 3.63) is 18.0 Å². The third kappa shape index (κ3) is 2.31.